The molecule has 0 aromatic carbocycles. The standard InChI is InChI=1S/C10H17N3O4/c1-2-17-10(15)7-9(14)8-16-6-4-3-5-12-13-11/h2-8H2,1H3. The normalized spacial score (nSPS) is 9.47. The van der Waals surface area contributed by atoms with E-state index < -0.39 is 5.97 Å². The van der Waals surface area contributed by atoms with Crippen LogP contribution in [0.1, 0.15) is 26.2 Å². The summed E-state index contributed by atoms with van der Waals surface area (Å²) in [5.74, 6) is -0.817. The summed E-state index contributed by atoms with van der Waals surface area (Å²) in [6, 6.07) is 0. The maximum absolute atomic E-state index is 11.2. The first-order chi connectivity index (χ1) is 8.20. The molecule has 0 aromatic rings. The zero-order valence-corrected chi connectivity index (χ0v) is 9.92. The minimum Gasteiger partial charge on any atom is -0.466 e. The number of carbonyl (C=O) groups excluding carboxylic acids is 2. The summed E-state index contributed by atoms with van der Waals surface area (Å²) in [6.07, 6.45) is 1.19. The van der Waals surface area contributed by atoms with E-state index in [1.165, 1.54) is 0 Å². The predicted molar refractivity (Wildman–Crippen MR) is 60.3 cm³/mol. The Labute approximate surface area is 99.7 Å². The topological polar surface area (TPSA) is 101 Å². The lowest BCUT2D eigenvalue weighted by atomic mass is 10.3. The van der Waals surface area contributed by atoms with E-state index >= 15 is 0 Å². The molecule has 0 aromatic heterocycles. The fraction of sp³-hybridized carbons (Fsp3) is 0.800. The Hall–Kier alpha value is -1.59. The lowest BCUT2D eigenvalue weighted by molar-refractivity contribution is -0.146. The number of esters is 1. The minimum atomic E-state index is -0.524. The first-order valence-corrected chi connectivity index (χ1v) is 5.46. The molecule has 0 rings (SSSR count). The summed E-state index contributed by atoms with van der Waals surface area (Å²) >= 11 is 0. The highest BCUT2D eigenvalue weighted by Gasteiger charge is 2.09. The SMILES string of the molecule is CCOC(=O)CC(=O)COCCCCN=[N+]=[N-]. The molecular weight excluding hydrogens is 226 g/mol. The van der Waals surface area contributed by atoms with Gasteiger partial charge in [-0.2, -0.15) is 0 Å². The van der Waals surface area contributed by atoms with Gasteiger partial charge in [0.2, 0.25) is 0 Å². The van der Waals surface area contributed by atoms with Crippen LogP contribution in [0, 0.1) is 0 Å². The van der Waals surface area contributed by atoms with Crippen LogP contribution >= 0.6 is 0 Å². The molecule has 0 aliphatic rings. The van der Waals surface area contributed by atoms with E-state index in [2.05, 4.69) is 14.8 Å². The number of rotatable bonds is 10. The van der Waals surface area contributed by atoms with Gasteiger partial charge < -0.3 is 9.47 Å². The van der Waals surface area contributed by atoms with E-state index in [0.717, 1.165) is 6.42 Å². The summed E-state index contributed by atoms with van der Waals surface area (Å²) in [5.41, 5.74) is 8.01. The van der Waals surface area contributed by atoms with E-state index in [0.29, 0.717) is 19.6 Å². The molecule has 17 heavy (non-hydrogen) atoms. The van der Waals surface area contributed by atoms with E-state index in [4.69, 9.17) is 10.3 Å². The number of hydrogen-bond donors (Lipinski definition) is 0. The lowest BCUT2D eigenvalue weighted by Crippen LogP contribution is -2.16. The van der Waals surface area contributed by atoms with Crippen LogP contribution in [0.4, 0.5) is 0 Å². The highest BCUT2D eigenvalue weighted by molar-refractivity contribution is 5.96. The van der Waals surface area contributed by atoms with Crippen LogP contribution in [-0.2, 0) is 19.1 Å². The second kappa shape index (κ2) is 10.9. The van der Waals surface area contributed by atoms with Gasteiger partial charge in [0.25, 0.3) is 0 Å². The van der Waals surface area contributed by atoms with Gasteiger partial charge >= 0.3 is 5.97 Å². The Morgan fingerprint density at radius 2 is 2.12 bits per heavy atom. The third kappa shape index (κ3) is 10.7. The van der Waals surface area contributed by atoms with Crippen molar-refractivity contribution in [2.75, 3.05) is 26.4 Å². The number of unbranched alkanes of at least 4 members (excludes halogenated alkanes) is 1. The molecule has 0 aliphatic heterocycles. The Morgan fingerprint density at radius 1 is 1.35 bits per heavy atom. The molecule has 0 bridgehead atoms. The number of hydrogen-bond acceptors (Lipinski definition) is 5. The monoisotopic (exact) mass is 243 g/mol. The van der Waals surface area contributed by atoms with Gasteiger partial charge in [0.1, 0.15) is 13.0 Å². The first-order valence-electron chi connectivity index (χ1n) is 5.46. The van der Waals surface area contributed by atoms with Gasteiger partial charge in [-0.3, -0.25) is 9.59 Å². The van der Waals surface area contributed by atoms with Crippen molar-refractivity contribution in [3.8, 4) is 0 Å². The molecule has 7 nitrogen and oxygen atoms in total. The Bertz CT molecular complexity index is 287. The van der Waals surface area contributed by atoms with Crippen molar-refractivity contribution in [2.24, 2.45) is 5.11 Å². The van der Waals surface area contributed by atoms with Crippen LogP contribution in [0.5, 0.6) is 0 Å². The summed E-state index contributed by atoms with van der Waals surface area (Å²) in [4.78, 5) is 24.7. The van der Waals surface area contributed by atoms with E-state index in [9.17, 15) is 9.59 Å². The lowest BCUT2D eigenvalue weighted by Gasteiger charge is -2.03. The highest BCUT2D eigenvalue weighted by atomic mass is 16.5. The van der Waals surface area contributed by atoms with E-state index in [-0.39, 0.29) is 25.4 Å². The Morgan fingerprint density at radius 3 is 2.76 bits per heavy atom. The van der Waals surface area contributed by atoms with Crippen molar-refractivity contribution in [3.05, 3.63) is 10.4 Å². The van der Waals surface area contributed by atoms with Crippen LogP contribution in [0.15, 0.2) is 5.11 Å². The quantitative estimate of drug-likeness (QED) is 0.145. The Balaban J connectivity index is 3.39. The van der Waals surface area contributed by atoms with Crippen molar-refractivity contribution >= 4 is 11.8 Å². The molecule has 0 unspecified atom stereocenters. The molecule has 7 heteroatoms. The molecule has 0 fully saturated rings. The average molecular weight is 243 g/mol. The number of carbonyl (C=O) groups is 2. The van der Waals surface area contributed by atoms with Gasteiger partial charge in [0, 0.05) is 18.1 Å². The fourth-order valence-electron chi connectivity index (χ4n) is 1.04. The molecule has 0 atom stereocenters. The molecule has 0 N–H and O–H groups in total. The molecule has 0 amide bonds. The molecule has 96 valence electrons. The van der Waals surface area contributed by atoms with Gasteiger partial charge in [0.15, 0.2) is 5.78 Å². The number of nitrogens with zero attached hydrogens (tertiary/aromatic N) is 3. The van der Waals surface area contributed by atoms with Crippen molar-refractivity contribution in [2.45, 2.75) is 26.2 Å². The van der Waals surface area contributed by atoms with Crippen LogP contribution < -0.4 is 0 Å². The molecule has 0 radical (unpaired) electrons. The third-order valence-corrected chi connectivity index (χ3v) is 1.77. The largest absolute Gasteiger partial charge is 0.466 e. The van der Waals surface area contributed by atoms with Crippen LogP contribution in [0.3, 0.4) is 0 Å². The molecule has 0 saturated heterocycles. The van der Waals surface area contributed by atoms with Crippen molar-refractivity contribution in [1.82, 2.24) is 0 Å². The maximum Gasteiger partial charge on any atom is 0.313 e. The smallest absolute Gasteiger partial charge is 0.313 e. The number of ether oxygens (including phenoxy) is 2. The van der Waals surface area contributed by atoms with Crippen LogP contribution in [-0.4, -0.2) is 38.1 Å². The molecule has 0 saturated carbocycles. The Kier molecular flexibility index (Phi) is 9.89. The summed E-state index contributed by atoms with van der Waals surface area (Å²) in [6.45, 7) is 2.71. The van der Waals surface area contributed by atoms with Gasteiger partial charge in [-0.25, -0.2) is 0 Å². The number of azide groups is 1. The number of ketones is 1. The molecule has 0 spiro atoms. The third-order valence-electron chi connectivity index (χ3n) is 1.77. The van der Waals surface area contributed by atoms with Crippen molar-refractivity contribution in [1.29, 1.82) is 0 Å². The van der Waals surface area contributed by atoms with E-state index in [1.54, 1.807) is 6.92 Å². The first kappa shape index (κ1) is 15.4. The highest BCUT2D eigenvalue weighted by Crippen LogP contribution is 1.94. The molecule has 0 heterocycles. The second-order valence-electron chi connectivity index (χ2n) is 3.23. The van der Waals surface area contributed by atoms with E-state index in [1.807, 2.05) is 0 Å². The van der Waals surface area contributed by atoms with Crippen LogP contribution in [0.25, 0.3) is 10.4 Å². The van der Waals surface area contributed by atoms with Gasteiger partial charge in [-0.15, -0.1) is 0 Å². The van der Waals surface area contributed by atoms with Crippen LogP contribution in [0.2, 0.25) is 0 Å². The summed E-state index contributed by atoms with van der Waals surface area (Å²) < 4.78 is 9.69. The molecule has 0 aliphatic carbocycles. The minimum absolute atomic E-state index is 0.0830. The predicted octanol–water partition coefficient (Wildman–Crippen LogP) is 1.62. The maximum atomic E-state index is 11.2. The van der Waals surface area contributed by atoms with Crippen molar-refractivity contribution in [3.63, 3.8) is 0 Å². The average Bonchev–Trinajstić information content (AvgIpc) is 2.28. The zero-order valence-electron chi connectivity index (χ0n) is 9.92. The summed E-state index contributed by atoms with van der Waals surface area (Å²) in [7, 11) is 0. The number of Topliss-reactive ketones (excluding diaryl/α,β-unsaturated/α-hetero) is 1. The van der Waals surface area contributed by atoms with Gasteiger partial charge in [-0.05, 0) is 25.3 Å². The fourth-order valence-corrected chi connectivity index (χ4v) is 1.04. The van der Waals surface area contributed by atoms with Crippen molar-refractivity contribution < 1.29 is 19.1 Å². The molecular formula is C10H17N3O4. The van der Waals surface area contributed by atoms with Gasteiger partial charge in [0.05, 0.1) is 6.61 Å². The van der Waals surface area contributed by atoms with Gasteiger partial charge in [-0.1, -0.05) is 5.11 Å². The second-order valence-corrected chi connectivity index (χ2v) is 3.23. The zero-order chi connectivity index (χ0) is 12.9. The summed E-state index contributed by atoms with van der Waals surface area (Å²) in [5, 5.41) is 3.36.